The third-order valence-corrected chi connectivity index (χ3v) is 3.79. The standard InChI is InChI=1S/C10H13F2NO3S/c1-2-7(6-14)13-17(15,16)10-8(11)4-3-5-9(10)12/h3-5,7,13-14H,2,6H2,1H3. The molecule has 1 rings (SSSR count). The van der Waals surface area contributed by atoms with Gasteiger partial charge in [0.15, 0.2) is 4.90 Å². The second-order valence-corrected chi connectivity index (χ2v) is 5.11. The van der Waals surface area contributed by atoms with E-state index in [1.807, 2.05) is 4.72 Å². The Kier molecular flexibility index (Phi) is 4.55. The number of halogens is 2. The third kappa shape index (κ3) is 3.21. The lowest BCUT2D eigenvalue weighted by Crippen LogP contribution is -2.37. The zero-order valence-corrected chi connectivity index (χ0v) is 9.97. The molecule has 0 heterocycles. The van der Waals surface area contributed by atoms with Crippen LogP contribution < -0.4 is 4.72 Å². The number of sulfonamides is 1. The molecule has 1 aromatic carbocycles. The molecule has 0 saturated carbocycles. The molecule has 0 radical (unpaired) electrons. The molecule has 7 heteroatoms. The van der Waals surface area contributed by atoms with Crippen LogP contribution in [0.15, 0.2) is 23.1 Å². The SMILES string of the molecule is CCC(CO)NS(=O)(=O)c1c(F)cccc1F. The van der Waals surface area contributed by atoms with Crippen molar-refractivity contribution >= 4 is 10.0 Å². The van der Waals surface area contributed by atoms with Gasteiger partial charge in [0.1, 0.15) is 11.6 Å². The first-order chi connectivity index (χ1) is 7.92. The number of hydrogen-bond acceptors (Lipinski definition) is 3. The van der Waals surface area contributed by atoms with E-state index in [-0.39, 0.29) is 0 Å². The minimum Gasteiger partial charge on any atom is -0.395 e. The third-order valence-electron chi connectivity index (χ3n) is 2.22. The van der Waals surface area contributed by atoms with Crippen LogP contribution in [0.2, 0.25) is 0 Å². The van der Waals surface area contributed by atoms with Gasteiger partial charge in [0.05, 0.1) is 6.61 Å². The number of benzene rings is 1. The quantitative estimate of drug-likeness (QED) is 0.835. The van der Waals surface area contributed by atoms with Gasteiger partial charge < -0.3 is 5.11 Å². The Labute approximate surface area is 98.3 Å². The summed E-state index contributed by atoms with van der Waals surface area (Å²) in [5.41, 5.74) is 0. The minimum absolute atomic E-state index is 0.311. The largest absolute Gasteiger partial charge is 0.395 e. The van der Waals surface area contributed by atoms with Crippen LogP contribution in [0.4, 0.5) is 8.78 Å². The van der Waals surface area contributed by atoms with E-state index in [9.17, 15) is 17.2 Å². The molecule has 0 bridgehead atoms. The molecule has 2 N–H and O–H groups in total. The summed E-state index contributed by atoms with van der Waals surface area (Å²) in [6.07, 6.45) is 0.311. The molecular formula is C10H13F2NO3S. The van der Waals surface area contributed by atoms with E-state index in [0.717, 1.165) is 18.2 Å². The number of aliphatic hydroxyl groups excluding tert-OH is 1. The van der Waals surface area contributed by atoms with Crippen LogP contribution in [0.1, 0.15) is 13.3 Å². The van der Waals surface area contributed by atoms with Gasteiger partial charge in [0.2, 0.25) is 10.0 Å². The Morgan fingerprint density at radius 3 is 2.29 bits per heavy atom. The fourth-order valence-electron chi connectivity index (χ4n) is 1.27. The Balaban J connectivity index is 3.14. The number of hydrogen-bond donors (Lipinski definition) is 2. The van der Waals surface area contributed by atoms with Crippen molar-refractivity contribution in [1.29, 1.82) is 0 Å². The lowest BCUT2D eigenvalue weighted by Gasteiger charge is -2.14. The van der Waals surface area contributed by atoms with Gasteiger partial charge >= 0.3 is 0 Å². The van der Waals surface area contributed by atoms with Gasteiger partial charge in [-0.2, -0.15) is 0 Å². The van der Waals surface area contributed by atoms with Gasteiger partial charge in [-0.15, -0.1) is 0 Å². The van der Waals surface area contributed by atoms with Gasteiger partial charge in [-0.3, -0.25) is 0 Å². The van der Waals surface area contributed by atoms with E-state index in [4.69, 9.17) is 5.11 Å². The Hall–Kier alpha value is -1.05. The molecule has 0 saturated heterocycles. The second kappa shape index (κ2) is 5.52. The summed E-state index contributed by atoms with van der Waals surface area (Å²) in [6, 6.07) is 2.03. The van der Waals surface area contributed by atoms with Gasteiger partial charge in [0.25, 0.3) is 0 Å². The molecule has 96 valence electrons. The zero-order valence-electron chi connectivity index (χ0n) is 9.15. The minimum atomic E-state index is -4.31. The van der Waals surface area contributed by atoms with Crippen LogP contribution in [-0.2, 0) is 10.0 Å². The van der Waals surface area contributed by atoms with Crippen LogP contribution >= 0.6 is 0 Å². The van der Waals surface area contributed by atoms with E-state index in [1.165, 1.54) is 0 Å². The molecule has 0 aliphatic rings. The molecule has 1 aromatic rings. The highest BCUT2D eigenvalue weighted by molar-refractivity contribution is 7.89. The van der Waals surface area contributed by atoms with E-state index >= 15 is 0 Å². The molecule has 1 atom stereocenters. The van der Waals surface area contributed by atoms with Crippen LogP contribution in [-0.4, -0.2) is 26.2 Å². The molecule has 0 aliphatic heterocycles. The van der Waals surface area contributed by atoms with Crippen molar-refractivity contribution in [3.05, 3.63) is 29.8 Å². The predicted molar refractivity (Wildman–Crippen MR) is 57.8 cm³/mol. The maximum atomic E-state index is 13.3. The fraction of sp³-hybridized carbons (Fsp3) is 0.400. The smallest absolute Gasteiger partial charge is 0.246 e. The number of rotatable bonds is 5. The maximum absolute atomic E-state index is 13.3. The molecular weight excluding hydrogens is 252 g/mol. The Bertz CT molecular complexity index is 466. The van der Waals surface area contributed by atoms with Crippen molar-refractivity contribution < 1.29 is 22.3 Å². The van der Waals surface area contributed by atoms with Gasteiger partial charge in [-0.25, -0.2) is 21.9 Å². The Morgan fingerprint density at radius 2 is 1.88 bits per heavy atom. The summed E-state index contributed by atoms with van der Waals surface area (Å²) < 4.78 is 52.0. The molecule has 0 fully saturated rings. The average Bonchev–Trinajstić information content (AvgIpc) is 2.25. The topological polar surface area (TPSA) is 66.4 Å². The van der Waals surface area contributed by atoms with Crippen LogP contribution in [0.5, 0.6) is 0 Å². The number of aliphatic hydroxyl groups is 1. The van der Waals surface area contributed by atoms with Crippen molar-refractivity contribution in [2.45, 2.75) is 24.3 Å². The van der Waals surface area contributed by atoms with Gasteiger partial charge in [-0.1, -0.05) is 13.0 Å². The summed E-state index contributed by atoms with van der Waals surface area (Å²) in [4.78, 5) is -1.02. The first-order valence-corrected chi connectivity index (χ1v) is 6.48. The molecule has 0 amide bonds. The summed E-state index contributed by atoms with van der Waals surface area (Å²) in [5.74, 6) is -2.32. The number of nitrogens with one attached hydrogen (secondary N) is 1. The normalized spacial score (nSPS) is 13.6. The van der Waals surface area contributed by atoms with Crippen molar-refractivity contribution in [2.75, 3.05) is 6.61 Å². The molecule has 0 aliphatic carbocycles. The first kappa shape index (κ1) is 14.0. The van der Waals surface area contributed by atoms with E-state index in [2.05, 4.69) is 0 Å². The molecule has 17 heavy (non-hydrogen) atoms. The second-order valence-electron chi connectivity index (χ2n) is 3.46. The molecule has 0 aromatic heterocycles. The zero-order chi connectivity index (χ0) is 13.1. The van der Waals surface area contributed by atoms with E-state index in [0.29, 0.717) is 6.42 Å². The average molecular weight is 265 g/mol. The fourth-order valence-corrected chi connectivity index (χ4v) is 2.71. The van der Waals surface area contributed by atoms with Crippen molar-refractivity contribution in [2.24, 2.45) is 0 Å². The van der Waals surface area contributed by atoms with Crippen molar-refractivity contribution in [1.82, 2.24) is 4.72 Å². The summed E-state index contributed by atoms with van der Waals surface area (Å²) in [7, 11) is -4.31. The van der Waals surface area contributed by atoms with Crippen LogP contribution in [0.3, 0.4) is 0 Å². The molecule has 1 unspecified atom stereocenters. The summed E-state index contributed by atoms with van der Waals surface area (Å²) >= 11 is 0. The van der Waals surface area contributed by atoms with Crippen molar-refractivity contribution in [3.63, 3.8) is 0 Å². The Morgan fingerprint density at radius 1 is 1.35 bits per heavy atom. The predicted octanol–water partition coefficient (Wildman–Crippen LogP) is 1.01. The van der Waals surface area contributed by atoms with Gasteiger partial charge in [-0.05, 0) is 18.6 Å². The first-order valence-electron chi connectivity index (χ1n) is 4.99. The highest BCUT2D eigenvalue weighted by Gasteiger charge is 2.25. The van der Waals surface area contributed by atoms with Crippen molar-refractivity contribution in [3.8, 4) is 0 Å². The highest BCUT2D eigenvalue weighted by atomic mass is 32.2. The highest BCUT2D eigenvalue weighted by Crippen LogP contribution is 2.18. The van der Waals surface area contributed by atoms with E-state index < -0.39 is 39.2 Å². The monoisotopic (exact) mass is 265 g/mol. The van der Waals surface area contributed by atoms with Crippen LogP contribution in [0, 0.1) is 11.6 Å². The van der Waals surface area contributed by atoms with Gasteiger partial charge in [0, 0.05) is 6.04 Å². The molecule has 0 spiro atoms. The maximum Gasteiger partial charge on any atom is 0.246 e. The van der Waals surface area contributed by atoms with E-state index in [1.54, 1.807) is 6.92 Å². The lowest BCUT2D eigenvalue weighted by molar-refractivity contribution is 0.253. The lowest BCUT2D eigenvalue weighted by atomic mass is 10.3. The molecule has 4 nitrogen and oxygen atoms in total. The summed E-state index contributed by atoms with van der Waals surface area (Å²) in [6.45, 7) is 1.20. The van der Waals surface area contributed by atoms with Crippen LogP contribution in [0.25, 0.3) is 0 Å². The summed E-state index contributed by atoms with van der Waals surface area (Å²) in [5, 5.41) is 8.86.